The summed E-state index contributed by atoms with van der Waals surface area (Å²) < 4.78 is 0. The molecule has 0 radical (unpaired) electrons. The van der Waals surface area contributed by atoms with Crippen molar-refractivity contribution in [3.8, 4) is 0 Å². The molecule has 1 aliphatic heterocycles. The lowest BCUT2D eigenvalue weighted by molar-refractivity contribution is -0.131. The summed E-state index contributed by atoms with van der Waals surface area (Å²) in [5, 5.41) is 3.54. The molecule has 0 spiro atoms. The highest BCUT2D eigenvalue weighted by atomic mass is 16.2. The zero-order chi connectivity index (χ0) is 15.4. The standard InChI is InChI=1S/C18H28N2O/c1-5-14(6-2)12-20-17(13(3)4)19-16(18(20)21)15-10-8-7-9-11-15/h7-11,13-14,16-17,19H,5-6,12H2,1-4H3. The molecule has 0 bridgehead atoms. The number of nitrogens with zero attached hydrogens (tertiary/aromatic N) is 1. The van der Waals surface area contributed by atoms with Crippen molar-refractivity contribution in [3.63, 3.8) is 0 Å². The summed E-state index contributed by atoms with van der Waals surface area (Å²) in [7, 11) is 0. The lowest BCUT2D eigenvalue weighted by Gasteiger charge is -2.30. The Morgan fingerprint density at radius 3 is 2.29 bits per heavy atom. The molecule has 1 aromatic rings. The molecule has 0 aromatic heterocycles. The van der Waals surface area contributed by atoms with E-state index in [0.717, 1.165) is 24.9 Å². The summed E-state index contributed by atoms with van der Waals surface area (Å²) >= 11 is 0. The zero-order valence-electron chi connectivity index (χ0n) is 13.7. The van der Waals surface area contributed by atoms with Gasteiger partial charge in [-0.2, -0.15) is 0 Å². The van der Waals surface area contributed by atoms with Crippen LogP contribution in [-0.4, -0.2) is 23.5 Å². The minimum Gasteiger partial charge on any atom is -0.325 e. The molecule has 2 atom stereocenters. The molecule has 0 aliphatic carbocycles. The van der Waals surface area contributed by atoms with Gasteiger partial charge in [-0.25, -0.2) is 0 Å². The molecule has 0 saturated carbocycles. The van der Waals surface area contributed by atoms with E-state index in [-0.39, 0.29) is 18.1 Å². The first-order chi connectivity index (χ1) is 10.1. The predicted molar refractivity (Wildman–Crippen MR) is 86.7 cm³/mol. The lowest BCUT2D eigenvalue weighted by Crippen LogP contribution is -2.43. The minimum atomic E-state index is -0.187. The molecule has 3 heteroatoms. The second kappa shape index (κ2) is 7.08. The van der Waals surface area contributed by atoms with Crippen LogP contribution in [0.4, 0.5) is 0 Å². The molecule has 116 valence electrons. The number of hydrogen-bond acceptors (Lipinski definition) is 2. The van der Waals surface area contributed by atoms with Gasteiger partial charge in [0.25, 0.3) is 0 Å². The maximum absolute atomic E-state index is 12.9. The molecule has 1 aromatic carbocycles. The summed E-state index contributed by atoms with van der Waals surface area (Å²) in [5.41, 5.74) is 1.07. The molecule has 3 nitrogen and oxygen atoms in total. The fourth-order valence-corrected chi connectivity index (χ4v) is 3.10. The van der Waals surface area contributed by atoms with Crippen molar-refractivity contribution >= 4 is 5.91 Å². The van der Waals surface area contributed by atoms with Crippen molar-refractivity contribution in [1.82, 2.24) is 10.2 Å². The Bertz CT molecular complexity index is 454. The lowest BCUT2D eigenvalue weighted by atomic mass is 10.0. The van der Waals surface area contributed by atoms with Gasteiger partial charge in [0, 0.05) is 6.54 Å². The van der Waals surface area contributed by atoms with Crippen LogP contribution in [0.15, 0.2) is 30.3 Å². The largest absolute Gasteiger partial charge is 0.325 e. The fourth-order valence-electron chi connectivity index (χ4n) is 3.10. The van der Waals surface area contributed by atoms with Gasteiger partial charge in [0.1, 0.15) is 6.04 Å². The van der Waals surface area contributed by atoms with Crippen LogP contribution in [0.25, 0.3) is 0 Å². The van der Waals surface area contributed by atoms with Crippen molar-refractivity contribution < 1.29 is 4.79 Å². The van der Waals surface area contributed by atoms with Crippen molar-refractivity contribution in [3.05, 3.63) is 35.9 Å². The molecule has 1 fully saturated rings. The van der Waals surface area contributed by atoms with E-state index in [9.17, 15) is 4.79 Å². The van der Waals surface area contributed by atoms with Crippen LogP contribution >= 0.6 is 0 Å². The van der Waals surface area contributed by atoms with E-state index in [1.54, 1.807) is 0 Å². The van der Waals surface area contributed by atoms with E-state index in [1.165, 1.54) is 0 Å². The van der Waals surface area contributed by atoms with Gasteiger partial charge < -0.3 is 4.90 Å². The highest BCUT2D eigenvalue weighted by Crippen LogP contribution is 2.28. The summed E-state index contributed by atoms with van der Waals surface area (Å²) in [5.74, 6) is 1.23. The summed E-state index contributed by atoms with van der Waals surface area (Å²) in [6, 6.07) is 9.87. The SMILES string of the molecule is CCC(CC)CN1C(=O)C(c2ccccc2)NC1C(C)C. The van der Waals surface area contributed by atoms with Crippen LogP contribution in [0.2, 0.25) is 0 Å². The third kappa shape index (κ3) is 3.46. The Hall–Kier alpha value is -1.35. The zero-order valence-corrected chi connectivity index (χ0v) is 13.7. The second-order valence-corrected chi connectivity index (χ2v) is 6.37. The normalized spacial score (nSPS) is 22.6. The number of hydrogen-bond donors (Lipinski definition) is 1. The highest BCUT2D eigenvalue weighted by Gasteiger charge is 2.41. The Balaban J connectivity index is 2.20. The van der Waals surface area contributed by atoms with Gasteiger partial charge in [-0.15, -0.1) is 0 Å². The van der Waals surface area contributed by atoms with Crippen LogP contribution in [-0.2, 0) is 4.79 Å². The third-order valence-electron chi connectivity index (χ3n) is 4.58. The Labute approximate surface area is 128 Å². The Morgan fingerprint density at radius 1 is 1.14 bits per heavy atom. The molecule has 1 heterocycles. The smallest absolute Gasteiger partial charge is 0.245 e. The number of carbonyl (C=O) groups excluding carboxylic acids is 1. The molecule has 1 amide bonds. The molecule has 1 aliphatic rings. The van der Waals surface area contributed by atoms with Crippen molar-refractivity contribution in [2.75, 3.05) is 6.54 Å². The summed E-state index contributed by atoms with van der Waals surface area (Å²) in [6.45, 7) is 9.64. The quantitative estimate of drug-likeness (QED) is 0.868. The van der Waals surface area contributed by atoms with Gasteiger partial charge in [-0.05, 0) is 17.4 Å². The predicted octanol–water partition coefficient (Wildman–Crippen LogP) is 3.58. The maximum Gasteiger partial charge on any atom is 0.245 e. The number of amides is 1. The van der Waals surface area contributed by atoms with Gasteiger partial charge in [0.05, 0.1) is 6.17 Å². The molecule has 1 saturated heterocycles. The molecule has 1 N–H and O–H groups in total. The van der Waals surface area contributed by atoms with Crippen LogP contribution in [0, 0.1) is 11.8 Å². The highest BCUT2D eigenvalue weighted by molar-refractivity contribution is 5.85. The van der Waals surface area contributed by atoms with Gasteiger partial charge in [-0.3, -0.25) is 10.1 Å². The maximum atomic E-state index is 12.9. The fraction of sp³-hybridized carbons (Fsp3) is 0.611. The minimum absolute atomic E-state index is 0.142. The number of carbonyl (C=O) groups is 1. The van der Waals surface area contributed by atoms with Gasteiger partial charge >= 0.3 is 0 Å². The van der Waals surface area contributed by atoms with Crippen LogP contribution in [0.3, 0.4) is 0 Å². The van der Waals surface area contributed by atoms with Crippen LogP contribution < -0.4 is 5.32 Å². The van der Waals surface area contributed by atoms with Crippen molar-refractivity contribution in [1.29, 1.82) is 0 Å². The van der Waals surface area contributed by atoms with E-state index in [2.05, 4.69) is 37.9 Å². The van der Waals surface area contributed by atoms with Crippen molar-refractivity contribution in [2.24, 2.45) is 11.8 Å². The van der Waals surface area contributed by atoms with Crippen molar-refractivity contribution in [2.45, 2.75) is 52.7 Å². The Kier molecular flexibility index (Phi) is 5.40. The van der Waals surface area contributed by atoms with E-state index >= 15 is 0 Å². The summed E-state index contributed by atoms with van der Waals surface area (Å²) in [4.78, 5) is 14.9. The molecular formula is C18H28N2O. The average Bonchev–Trinajstić information content (AvgIpc) is 2.83. The number of benzene rings is 1. The second-order valence-electron chi connectivity index (χ2n) is 6.37. The molecule has 21 heavy (non-hydrogen) atoms. The topological polar surface area (TPSA) is 32.3 Å². The van der Waals surface area contributed by atoms with Crippen LogP contribution in [0.5, 0.6) is 0 Å². The number of rotatable bonds is 6. The Morgan fingerprint density at radius 2 is 1.76 bits per heavy atom. The third-order valence-corrected chi connectivity index (χ3v) is 4.58. The first-order valence-corrected chi connectivity index (χ1v) is 8.19. The van der Waals surface area contributed by atoms with Crippen LogP contribution in [0.1, 0.15) is 52.1 Å². The summed E-state index contributed by atoms with van der Waals surface area (Å²) in [6.07, 6.45) is 2.39. The first-order valence-electron chi connectivity index (χ1n) is 8.19. The van der Waals surface area contributed by atoms with Gasteiger partial charge in [0.15, 0.2) is 0 Å². The average molecular weight is 288 g/mol. The van der Waals surface area contributed by atoms with Gasteiger partial charge in [0.2, 0.25) is 5.91 Å². The molecular weight excluding hydrogens is 260 g/mol. The number of nitrogens with one attached hydrogen (secondary N) is 1. The van der Waals surface area contributed by atoms with E-state index in [1.807, 2.05) is 30.3 Å². The monoisotopic (exact) mass is 288 g/mol. The van der Waals surface area contributed by atoms with E-state index in [4.69, 9.17) is 0 Å². The first kappa shape index (κ1) is 16.0. The molecule has 2 rings (SSSR count). The van der Waals surface area contributed by atoms with E-state index < -0.39 is 0 Å². The van der Waals surface area contributed by atoms with E-state index in [0.29, 0.717) is 11.8 Å². The van der Waals surface area contributed by atoms with Gasteiger partial charge in [-0.1, -0.05) is 70.9 Å². The molecule has 2 unspecified atom stereocenters.